The van der Waals surface area contributed by atoms with Gasteiger partial charge in [0, 0.05) is 11.1 Å². The van der Waals surface area contributed by atoms with Crippen LogP contribution in [0, 0.1) is 6.92 Å². The fourth-order valence-electron chi connectivity index (χ4n) is 2.47. The normalized spacial score (nSPS) is 12.0. The Labute approximate surface area is 124 Å². The molecule has 0 fully saturated rings. The van der Waals surface area contributed by atoms with Gasteiger partial charge in [0.1, 0.15) is 5.76 Å². The molecular formula is C16H21NO4. The van der Waals surface area contributed by atoms with Crippen molar-refractivity contribution in [1.82, 2.24) is 5.32 Å². The molecule has 0 spiro atoms. The van der Waals surface area contributed by atoms with Crippen LogP contribution in [-0.4, -0.2) is 28.4 Å². The Hall–Kier alpha value is -2.14. The van der Waals surface area contributed by atoms with Crippen molar-refractivity contribution >= 4 is 0 Å². The van der Waals surface area contributed by atoms with E-state index in [0.29, 0.717) is 17.2 Å². The zero-order chi connectivity index (χ0) is 15.4. The van der Waals surface area contributed by atoms with Crippen molar-refractivity contribution in [2.24, 2.45) is 0 Å². The molecule has 1 aromatic carbocycles. The zero-order valence-corrected chi connectivity index (χ0v) is 13.0. The summed E-state index contributed by atoms with van der Waals surface area (Å²) in [5.41, 5.74) is 1.99. The van der Waals surface area contributed by atoms with E-state index >= 15 is 0 Å². The average molecular weight is 291 g/mol. The van der Waals surface area contributed by atoms with Crippen LogP contribution in [0.15, 0.2) is 28.9 Å². The first-order valence-electron chi connectivity index (χ1n) is 6.67. The Morgan fingerprint density at radius 1 is 1.05 bits per heavy atom. The molecule has 1 N–H and O–H groups in total. The number of benzene rings is 1. The van der Waals surface area contributed by atoms with Gasteiger partial charge in [-0.25, -0.2) is 0 Å². The van der Waals surface area contributed by atoms with Crippen LogP contribution in [0.1, 0.15) is 22.9 Å². The Kier molecular flexibility index (Phi) is 4.75. The molecule has 1 heterocycles. The summed E-state index contributed by atoms with van der Waals surface area (Å²) in [5, 5.41) is 3.28. The Bertz CT molecular complexity index is 606. The van der Waals surface area contributed by atoms with Crippen LogP contribution in [0.3, 0.4) is 0 Å². The van der Waals surface area contributed by atoms with Gasteiger partial charge in [-0.05, 0) is 32.2 Å². The minimum Gasteiger partial charge on any atom is -0.493 e. The Morgan fingerprint density at radius 2 is 1.76 bits per heavy atom. The Balaban J connectivity index is 2.55. The van der Waals surface area contributed by atoms with Crippen molar-refractivity contribution < 1.29 is 18.6 Å². The summed E-state index contributed by atoms with van der Waals surface area (Å²) in [6.07, 6.45) is 1.74. The van der Waals surface area contributed by atoms with E-state index in [9.17, 15) is 0 Å². The van der Waals surface area contributed by atoms with Gasteiger partial charge in [-0.3, -0.25) is 0 Å². The number of furan rings is 1. The van der Waals surface area contributed by atoms with Crippen molar-refractivity contribution in [3.8, 4) is 17.2 Å². The second kappa shape index (κ2) is 6.54. The van der Waals surface area contributed by atoms with Crippen molar-refractivity contribution in [2.45, 2.75) is 13.0 Å². The number of nitrogens with one attached hydrogen (secondary N) is 1. The highest BCUT2D eigenvalue weighted by Gasteiger charge is 2.23. The third kappa shape index (κ3) is 2.83. The van der Waals surface area contributed by atoms with E-state index in [1.54, 1.807) is 27.6 Å². The molecule has 2 rings (SSSR count). The topological polar surface area (TPSA) is 52.9 Å². The highest BCUT2D eigenvalue weighted by atomic mass is 16.5. The summed E-state index contributed by atoms with van der Waals surface area (Å²) in [7, 11) is 6.71. The average Bonchev–Trinajstić information content (AvgIpc) is 2.93. The number of hydrogen-bond donors (Lipinski definition) is 1. The zero-order valence-electron chi connectivity index (χ0n) is 13.0. The lowest BCUT2D eigenvalue weighted by atomic mass is 9.99. The van der Waals surface area contributed by atoms with Gasteiger partial charge >= 0.3 is 0 Å². The maximum Gasteiger partial charge on any atom is 0.203 e. The molecule has 0 aliphatic carbocycles. The molecule has 5 heteroatoms. The molecule has 114 valence electrons. The molecule has 2 aromatic rings. The van der Waals surface area contributed by atoms with Crippen molar-refractivity contribution in [1.29, 1.82) is 0 Å². The minimum absolute atomic E-state index is 0.0581. The third-order valence-corrected chi connectivity index (χ3v) is 3.42. The number of aryl methyl sites for hydroxylation is 1. The minimum atomic E-state index is -0.0581. The van der Waals surface area contributed by atoms with E-state index in [1.165, 1.54) is 0 Å². The summed E-state index contributed by atoms with van der Waals surface area (Å²) < 4.78 is 21.7. The molecule has 1 unspecified atom stereocenters. The maximum absolute atomic E-state index is 5.55. The molecule has 0 aliphatic heterocycles. The quantitative estimate of drug-likeness (QED) is 0.887. The maximum atomic E-state index is 5.55. The lowest BCUT2D eigenvalue weighted by Crippen LogP contribution is -2.18. The molecule has 0 bridgehead atoms. The summed E-state index contributed by atoms with van der Waals surface area (Å²) in [6, 6.07) is 5.77. The first kappa shape index (κ1) is 15.3. The smallest absolute Gasteiger partial charge is 0.203 e. The summed E-state index contributed by atoms with van der Waals surface area (Å²) >= 11 is 0. The van der Waals surface area contributed by atoms with Gasteiger partial charge in [0.15, 0.2) is 11.5 Å². The number of rotatable bonds is 6. The summed E-state index contributed by atoms with van der Waals surface area (Å²) in [5.74, 6) is 2.73. The van der Waals surface area contributed by atoms with Crippen LogP contribution in [0.2, 0.25) is 0 Å². The van der Waals surface area contributed by atoms with Crippen LogP contribution < -0.4 is 19.5 Å². The monoisotopic (exact) mass is 291 g/mol. The Morgan fingerprint density at radius 3 is 2.24 bits per heavy atom. The first-order chi connectivity index (χ1) is 10.2. The van der Waals surface area contributed by atoms with E-state index in [-0.39, 0.29) is 6.04 Å². The lowest BCUT2D eigenvalue weighted by molar-refractivity contribution is 0.320. The van der Waals surface area contributed by atoms with Crippen molar-refractivity contribution in [2.75, 3.05) is 28.4 Å². The highest BCUT2D eigenvalue weighted by Crippen LogP contribution is 2.43. The van der Waals surface area contributed by atoms with Crippen LogP contribution in [0.5, 0.6) is 17.2 Å². The second-order valence-electron chi connectivity index (χ2n) is 4.64. The largest absolute Gasteiger partial charge is 0.493 e. The predicted octanol–water partition coefficient (Wildman–Crippen LogP) is 2.92. The number of ether oxygens (including phenoxy) is 3. The molecule has 0 radical (unpaired) electrons. The van der Waals surface area contributed by atoms with Crippen LogP contribution in [-0.2, 0) is 0 Å². The van der Waals surface area contributed by atoms with Gasteiger partial charge in [-0.15, -0.1) is 0 Å². The fourth-order valence-corrected chi connectivity index (χ4v) is 2.47. The second-order valence-corrected chi connectivity index (χ2v) is 4.64. The van der Waals surface area contributed by atoms with E-state index < -0.39 is 0 Å². The molecule has 5 nitrogen and oxygen atoms in total. The van der Waals surface area contributed by atoms with Crippen LogP contribution >= 0.6 is 0 Å². The van der Waals surface area contributed by atoms with E-state index in [4.69, 9.17) is 18.6 Å². The molecule has 0 saturated heterocycles. The molecule has 1 aromatic heterocycles. The van der Waals surface area contributed by atoms with Gasteiger partial charge in [-0.1, -0.05) is 0 Å². The SMILES string of the molecule is CNC(c1coc(C)c1)c1ccc(OC)c(OC)c1OC. The number of hydrogen-bond acceptors (Lipinski definition) is 5. The van der Waals surface area contributed by atoms with Gasteiger partial charge in [-0.2, -0.15) is 0 Å². The van der Waals surface area contributed by atoms with E-state index in [2.05, 4.69) is 5.32 Å². The fraction of sp³-hybridized carbons (Fsp3) is 0.375. The van der Waals surface area contributed by atoms with Gasteiger partial charge in [0.25, 0.3) is 0 Å². The molecule has 0 amide bonds. The molecule has 21 heavy (non-hydrogen) atoms. The van der Waals surface area contributed by atoms with E-state index in [0.717, 1.165) is 16.9 Å². The molecule has 0 aliphatic rings. The molecule has 0 saturated carbocycles. The third-order valence-electron chi connectivity index (χ3n) is 3.42. The highest BCUT2D eigenvalue weighted by molar-refractivity contribution is 5.58. The lowest BCUT2D eigenvalue weighted by Gasteiger charge is -2.21. The molecular weight excluding hydrogens is 270 g/mol. The van der Waals surface area contributed by atoms with E-state index in [1.807, 2.05) is 32.2 Å². The number of methoxy groups -OCH3 is 3. The summed E-state index contributed by atoms with van der Waals surface area (Å²) in [6.45, 7) is 1.92. The summed E-state index contributed by atoms with van der Waals surface area (Å²) in [4.78, 5) is 0. The van der Waals surface area contributed by atoms with Crippen LogP contribution in [0.25, 0.3) is 0 Å². The van der Waals surface area contributed by atoms with Crippen molar-refractivity contribution in [3.05, 3.63) is 41.3 Å². The first-order valence-corrected chi connectivity index (χ1v) is 6.67. The van der Waals surface area contributed by atoms with Gasteiger partial charge in [0.05, 0.1) is 33.6 Å². The van der Waals surface area contributed by atoms with Crippen LogP contribution in [0.4, 0.5) is 0 Å². The van der Waals surface area contributed by atoms with Gasteiger partial charge in [0.2, 0.25) is 5.75 Å². The standard InChI is InChI=1S/C16H21NO4/c1-10-8-11(9-21-10)14(17-2)12-6-7-13(18-3)16(20-5)15(12)19-4/h6-9,14,17H,1-5H3. The predicted molar refractivity (Wildman–Crippen MR) is 80.4 cm³/mol. The molecule has 1 atom stereocenters. The van der Waals surface area contributed by atoms with Crippen molar-refractivity contribution in [3.63, 3.8) is 0 Å². The van der Waals surface area contributed by atoms with Gasteiger partial charge < -0.3 is 23.9 Å².